The van der Waals surface area contributed by atoms with Crippen molar-refractivity contribution in [2.24, 2.45) is 11.3 Å². The van der Waals surface area contributed by atoms with E-state index in [2.05, 4.69) is 24.1 Å². The Balaban J connectivity index is 2.27. The molecule has 2 rings (SSSR count). The number of rotatable bonds is 9. The van der Waals surface area contributed by atoms with Gasteiger partial charge in [-0.05, 0) is 64.3 Å². The van der Waals surface area contributed by atoms with E-state index < -0.39 is 29.5 Å². The maximum Gasteiger partial charge on any atom is 0.326 e. The van der Waals surface area contributed by atoms with Crippen molar-refractivity contribution in [1.82, 2.24) is 20.0 Å². The van der Waals surface area contributed by atoms with Gasteiger partial charge in [0.05, 0.1) is 12.1 Å². The zero-order valence-corrected chi connectivity index (χ0v) is 24.9. The van der Waals surface area contributed by atoms with E-state index in [0.717, 1.165) is 25.8 Å². The number of piperidine rings is 1. The van der Waals surface area contributed by atoms with E-state index in [9.17, 15) is 24.3 Å². The van der Waals surface area contributed by atoms with Crippen LogP contribution in [0.15, 0.2) is 11.6 Å². The highest BCUT2D eigenvalue weighted by Crippen LogP contribution is 2.26. The molecule has 2 aliphatic heterocycles. The minimum absolute atomic E-state index is 0.00774. The van der Waals surface area contributed by atoms with Gasteiger partial charge in [-0.25, -0.2) is 4.79 Å². The number of aliphatic carboxylic acids is 1. The first-order valence-electron chi connectivity index (χ1n) is 14.1. The summed E-state index contributed by atoms with van der Waals surface area (Å²) in [5.74, 6) is -1.64. The first-order valence-corrected chi connectivity index (χ1v) is 14.1. The number of carbonyl (C=O) groups is 4. The molecule has 2 heterocycles. The summed E-state index contributed by atoms with van der Waals surface area (Å²) < 4.78 is 0. The zero-order chi connectivity index (χ0) is 28.9. The van der Waals surface area contributed by atoms with E-state index in [1.165, 1.54) is 4.90 Å². The molecule has 2 aliphatic rings. The highest BCUT2D eigenvalue weighted by molar-refractivity contribution is 5.96. The molecular formula is C29H50N4O5. The van der Waals surface area contributed by atoms with Crippen molar-refractivity contribution in [3.05, 3.63) is 11.6 Å². The van der Waals surface area contributed by atoms with E-state index in [1.54, 1.807) is 24.9 Å². The molecule has 0 saturated carbocycles. The van der Waals surface area contributed by atoms with Gasteiger partial charge in [0.25, 0.3) is 0 Å². The molecule has 3 amide bonds. The summed E-state index contributed by atoms with van der Waals surface area (Å²) in [7, 11) is 1.71. The van der Waals surface area contributed by atoms with Crippen LogP contribution in [0.5, 0.6) is 0 Å². The third-order valence-corrected chi connectivity index (χ3v) is 7.94. The van der Waals surface area contributed by atoms with Crippen LogP contribution in [-0.2, 0) is 19.2 Å². The number of carboxylic acids is 1. The summed E-state index contributed by atoms with van der Waals surface area (Å²) in [5.41, 5.74) is -0.110. The van der Waals surface area contributed by atoms with Gasteiger partial charge >= 0.3 is 5.97 Å². The number of hydrogen-bond acceptors (Lipinski definition) is 5. The summed E-state index contributed by atoms with van der Waals surface area (Å²) in [6.07, 6.45) is 5.70. The summed E-state index contributed by atoms with van der Waals surface area (Å²) in [6.45, 7) is 16.9. The van der Waals surface area contributed by atoms with E-state index in [-0.39, 0.29) is 35.7 Å². The standard InChI is InChI=1S/C29H50N4O5/c1-18(2)23(17-20(5)26(35)33-16-12-14-22(33)28(37)38)31(9)27(36)24(29(6,7)8)30-25(34)21-13-10-11-15-32(21)19(3)4/h17-19,21-24H,10-16H2,1-9H3,(H,30,34)(H,37,38)/b20-17+/t21-,22+,23-,24-/m1/s1. The fraction of sp³-hybridized carbons (Fsp3) is 0.793. The van der Waals surface area contributed by atoms with Gasteiger partial charge in [-0.3, -0.25) is 19.3 Å². The van der Waals surface area contributed by atoms with Crippen molar-refractivity contribution in [3.8, 4) is 0 Å². The highest BCUT2D eigenvalue weighted by atomic mass is 16.4. The second-order valence-corrected chi connectivity index (χ2v) is 12.7. The number of hydrogen-bond donors (Lipinski definition) is 2. The number of likely N-dealkylation sites (tertiary alicyclic amines) is 2. The largest absolute Gasteiger partial charge is 0.480 e. The number of likely N-dealkylation sites (N-methyl/N-ethyl adjacent to an activating group) is 1. The normalized spacial score (nSPS) is 22.9. The van der Waals surface area contributed by atoms with Crippen LogP contribution in [-0.4, -0.2) is 93.8 Å². The molecule has 0 unspecified atom stereocenters. The van der Waals surface area contributed by atoms with Gasteiger partial charge in [0.2, 0.25) is 17.7 Å². The van der Waals surface area contributed by atoms with Gasteiger partial charge in [0, 0.05) is 25.2 Å². The average Bonchev–Trinajstić information content (AvgIpc) is 3.33. The maximum atomic E-state index is 13.9. The molecule has 0 aromatic carbocycles. The fourth-order valence-electron chi connectivity index (χ4n) is 5.66. The third-order valence-electron chi connectivity index (χ3n) is 7.94. The predicted octanol–water partition coefficient (Wildman–Crippen LogP) is 3.29. The Morgan fingerprint density at radius 2 is 1.58 bits per heavy atom. The minimum atomic E-state index is -0.992. The van der Waals surface area contributed by atoms with Crippen LogP contribution in [0.25, 0.3) is 0 Å². The zero-order valence-electron chi connectivity index (χ0n) is 24.9. The second-order valence-electron chi connectivity index (χ2n) is 12.7. The Bertz CT molecular complexity index is 907. The van der Waals surface area contributed by atoms with Gasteiger partial charge in [-0.1, -0.05) is 47.1 Å². The molecule has 38 heavy (non-hydrogen) atoms. The predicted molar refractivity (Wildman–Crippen MR) is 148 cm³/mol. The summed E-state index contributed by atoms with van der Waals surface area (Å²) in [6, 6.07) is -1.97. The molecule has 2 saturated heterocycles. The molecule has 0 bridgehead atoms. The lowest BCUT2D eigenvalue weighted by atomic mass is 9.84. The van der Waals surface area contributed by atoms with Crippen LogP contribution >= 0.6 is 0 Å². The first kappa shape index (κ1) is 31.8. The van der Waals surface area contributed by atoms with Crippen molar-refractivity contribution in [3.63, 3.8) is 0 Å². The van der Waals surface area contributed by atoms with Crippen molar-refractivity contribution < 1.29 is 24.3 Å². The lowest BCUT2D eigenvalue weighted by Crippen LogP contribution is -2.60. The Kier molecular flexibility index (Phi) is 11.0. The topological polar surface area (TPSA) is 110 Å². The van der Waals surface area contributed by atoms with Crippen LogP contribution in [0.4, 0.5) is 0 Å². The molecule has 0 aromatic heterocycles. The molecule has 0 spiro atoms. The first-order chi connectivity index (χ1) is 17.6. The molecular weight excluding hydrogens is 484 g/mol. The molecule has 0 radical (unpaired) electrons. The summed E-state index contributed by atoms with van der Waals surface area (Å²) in [5, 5.41) is 12.6. The van der Waals surface area contributed by atoms with Crippen LogP contribution in [0.2, 0.25) is 0 Å². The van der Waals surface area contributed by atoms with Gasteiger partial charge < -0.3 is 20.2 Å². The minimum Gasteiger partial charge on any atom is -0.480 e. The average molecular weight is 535 g/mol. The van der Waals surface area contributed by atoms with E-state index in [1.807, 2.05) is 34.6 Å². The van der Waals surface area contributed by atoms with Crippen LogP contribution in [0.3, 0.4) is 0 Å². The van der Waals surface area contributed by atoms with E-state index >= 15 is 0 Å². The molecule has 0 aromatic rings. The van der Waals surface area contributed by atoms with E-state index in [0.29, 0.717) is 25.0 Å². The fourth-order valence-corrected chi connectivity index (χ4v) is 5.66. The Morgan fingerprint density at radius 3 is 2.11 bits per heavy atom. The lowest BCUT2D eigenvalue weighted by molar-refractivity contribution is -0.146. The van der Waals surface area contributed by atoms with Crippen molar-refractivity contribution in [2.45, 2.75) is 118 Å². The Hall–Kier alpha value is -2.42. The molecule has 2 N–H and O–H groups in total. The summed E-state index contributed by atoms with van der Waals surface area (Å²) in [4.78, 5) is 57.4. The van der Waals surface area contributed by atoms with Gasteiger partial charge in [-0.2, -0.15) is 0 Å². The molecule has 0 aliphatic carbocycles. The van der Waals surface area contributed by atoms with Gasteiger partial charge in [-0.15, -0.1) is 0 Å². The number of nitrogens with one attached hydrogen (secondary N) is 1. The van der Waals surface area contributed by atoms with Gasteiger partial charge in [0.15, 0.2) is 0 Å². The smallest absolute Gasteiger partial charge is 0.326 e. The van der Waals surface area contributed by atoms with Crippen molar-refractivity contribution >= 4 is 23.7 Å². The van der Waals surface area contributed by atoms with Crippen molar-refractivity contribution in [1.29, 1.82) is 0 Å². The SMILES string of the molecule is C/C(=C\[C@H](C(C)C)N(C)C(=O)[C@@H](NC(=O)[C@H]1CCCCN1C(C)C)C(C)(C)C)C(=O)N1CCC[C@H]1C(=O)O. The molecule has 9 nitrogen and oxygen atoms in total. The number of carbonyl (C=O) groups excluding carboxylic acids is 3. The number of amides is 3. The molecule has 216 valence electrons. The monoisotopic (exact) mass is 534 g/mol. The summed E-state index contributed by atoms with van der Waals surface area (Å²) >= 11 is 0. The van der Waals surface area contributed by atoms with Crippen LogP contribution < -0.4 is 5.32 Å². The lowest BCUT2D eigenvalue weighted by Gasteiger charge is -2.41. The van der Waals surface area contributed by atoms with Crippen LogP contribution in [0.1, 0.15) is 87.5 Å². The van der Waals surface area contributed by atoms with Crippen LogP contribution in [0, 0.1) is 11.3 Å². The number of carboxylic acid groups (broad SMARTS) is 1. The Morgan fingerprint density at radius 1 is 0.974 bits per heavy atom. The van der Waals surface area contributed by atoms with Crippen molar-refractivity contribution in [2.75, 3.05) is 20.1 Å². The quantitative estimate of drug-likeness (QED) is 0.439. The molecule has 2 fully saturated rings. The van der Waals surface area contributed by atoms with E-state index in [4.69, 9.17) is 0 Å². The highest BCUT2D eigenvalue weighted by Gasteiger charge is 2.40. The second kappa shape index (κ2) is 13.1. The molecule has 9 heteroatoms. The molecule has 4 atom stereocenters. The van der Waals surface area contributed by atoms with Gasteiger partial charge in [0.1, 0.15) is 12.1 Å². The maximum absolute atomic E-state index is 13.9. The third kappa shape index (κ3) is 7.58. The number of nitrogens with zero attached hydrogens (tertiary/aromatic N) is 3. The Labute approximate surface area is 229 Å².